The van der Waals surface area contributed by atoms with E-state index in [0.29, 0.717) is 24.3 Å². The van der Waals surface area contributed by atoms with Gasteiger partial charge in [-0.25, -0.2) is 0 Å². The molecule has 3 aromatic rings. The average Bonchev–Trinajstić information content (AvgIpc) is 2.85. The highest BCUT2D eigenvalue weighted by molar-refractivity contribution is 6.07. The molecule has 0 atom stereocenters. The number of piperazine rings is 1. The number of nitrogens with one attached hydrogen (secondary N) is 3. The second kappa shape index (κ2) is 10.9. The Balaban J connectivity index is 1.45. The summed E-state index contributed by atoms with van der Waals surface area (Å²) in [5, 5.41) is 6.14. The Morgan fingerprint density at radius 3 is 2.65 bits per heavy atom. The second-order valence-electron chi connectivity index (χ2n) is 8.38. The SMILES string of the molecule is COc1ccccc1CCNc1cc[nH]c(=O)c1C(=O)Nc1cccc(N2CCN(C)CC2)c1. The summed E-state index contributed by atoms with van der Waals surface area (Å²) in [6.45, 7) is 4.42. The molecule has 1 saturated heterocycles. The molecule has 3 N–H and O–H groups in total. The zero-order valence-electron chi connectivity index (χ0n) is 19.6. The quantitative estimate of drug-likeness (QED) is 0.478. The molecule has 1 aromatic heterocycles. The van der Waals surface area contributed by atoms with Crippen LogP contribution in [0.25, 0.3) is 0 Å². The van der Waals surface area contributed by atoms with Gasteiger partial charge in [0.15, 0.2) is 0 Å². The summed E-state index contributed by atoms with van der Waals surface area (Å²) in [5.74, 6) is 0.366. The number of nitrogens with zero attached hydrogens (tertiary/aromatic N) is 2. The molecule has 1 aliphatic heterocycles. The summed E-state index contributed by atoms with van der Waals surface area (Å²) in [7, 11) is 3.76. The Morgan fingerprint density at radius 1 is 1.06 bits per heavy atom. The number of methoxy groups -OCH3 is 1. The molecule has 4 rings (SSSR count). The first-order valence-corrected chi connectivity index (χ1v) is 11.5. The van der Waals surface area contributed by atoms with Gasteiger partial charge in [0.25, 0.3) is 11.5 Å². The first-order chi connectivity index (χ1) is 16.5. The van der Waals surface area contributed by atoms with E-state index in [1.165, 1.54) is 0 Å². The average molecular weight is 462 g/mol. The van der Waals surface area contributed by atoms with Crippen LogP contribution in [0.5, 0.6) is 5.75 Å². The first-order valence-electron chi connectivity index (χ1n) is 11.5. The van der Waals surface area contributed by atoms with Crippen LogP contribution >= 0.6 is 0 Å². The number of benzene rings is 2. The van der Waals surface area contributed by atoms with E-state index in [4.69, 9.17) is 4.74 Å². The number of hydrogen-bond donors (Lipinski definition) is 3. The predicted molar refractivity (Wildman–Crippen MR) is 136 cm³/mol. The fourth-order valence-corrected chi connectivity index (χ4v) is 4.13. The number of para-hydroxylation sites is 1. The molecule has 34 heavy (non-hydrogen) atoms. The highest BCUT2D eigenvalue weighted by atomic mass is 16.5. The van der Waals surface area contributed by atoms with Crippen LogP contribution in [-0.4, -0.2) is 62.7 Å². The summed E-state index contributed by atoms with van der Waals surface area (Å²) in [5.41, 5.74) is 2.88. The molecule has 8 heteroatoms. The molecule has 0 bridgehead atoms. The number of ether oxygens (including phenoxy) is 1. The van der Waals surface area contributed by atoms with Crippen molar-refractivity contribution in [1.82, 2.24) is 9.88 Å². The van der Waals surface area contributed by atoms with Crippen LogP contribution in [0.1, 0.15) is 15.9 Å². The number of hydrogen-bond acceptors (Lipinski definition) is 6. The lowest BCUT2D eigenvalue weighted by atomic mass is 10.1. The van der Waals surface area contributed by atoms with E-state index >= 15 is 0 Å². The third-order valence-corrected chi connectivity index (χ3v) is 6.06. The highest BCUT2D eigenvalue weighted by Crippen LogP contribution is 2.22. The van der Waals surface area contributed by atoms with Crippen molar-refractivity contribution in [2.24, 2.45) is 0 Å². The minimum Gasteiger partial charge on any atom is -0.496 e. The van der Waals surface area contributed by atoms with Crippen LogP contribution in [0.3, 0.4) is 0 Å². The summed E-state index contributed by atoms with van der Waals surface area (Å²) >= 11 is 0. The van der Waals surface area contributed by atoms with Gasteiger partial charge in [-0.15, -0.1) is 0 Å². The number of anilines is 3. The van der Waals surface area contributed by atoms with Gasteiger partial charge in [0.1, 0.15) is 11.3 Å². The van der Waals surface area contributed by atoms with E-state index in [1.807, 2.05) is 48.5 Å². The number of carbonyl (C=O) groups is 1. The van der Waals surface area contributed by atoms with Crippen molar-refractivity contribution in [3.05, 3.63) is 82.3 Å². The van der Waals surface area contributed by atoms with E-state index in [-0.39, 0.29) is 5.56 Å². The minimum absolute atomic E-state index is 0.0625. The highest BCUT2D eigenvalue weighted by Gasteiger charge is 2.18. The van der Waals surface area contributed by atoms with Gasteiger partial charge in [0, 0.05) is 50.3 Å². The van der Waals surface area contributed by atoms with Gasteiger partial charge >= 0.3 is 0 Å². The number of rotatable bonds is 8. The van der Waals surface area contributed by atoms with E-state index in [0.717, 1.165) is 43.2 Å². The fraction of sp³-hybridized carbons (Fsp3) is 0.308. The Bertz CT molecular complexity index is 1180. The number of amides is 1. The number of aromatic nitrogens is 1. The maximum atomic E-state index is 13.1. The normalized spacial score (nSPS) is 14.0. The van der Waals surface area contributed by atoms with Gasteiger partial charge in [-0.2, -0.15) is 0 Å². The van der Waals surface area contributed by atoms with Gasteiger partial charge in [-0.05, 0) is 49.4 Å². The molecular formula is C26H31N5O3. The van der Waals surface area contributed by atoms with Crippen molar-refractivity contribution in [2.75, 3.05) is 62.4 Å². The molecule has 0 spiro atoms. The Hall–Kier alpha value is -3.78. The maximum absolute atomic E-state index is 13.1. The van der Waals surface area contributed by atoms with Crippen LogP contribution in [0, 0.1) is 0 Å². The van der Waals surface area contributed by atoms with E-state index in [9.17, 15) is 9.59 Å². The van der Waals surface area contributed by atoms with E-state index < -0.39 is 11.5 Å². The molecule has 0 radical (unpaired) electrons. The van der Waals surface area contributed by atoms with Crippen LogP contribution in [0.4, 0.5) is 17.1 Å². The molecule has 8 nitrogen and oxygen atoms in total. The summed E-state index contributed by atoms with van der Waals surface area (Å²) in [6, 6.07) is 17.3. The van der Waals surface area contributed by atoms with Crippen LogP contribution < -0.4 is 25.8 Å². The molecule has 0 aliphatic carbocycles. The Morgan fingerprint density at radius 2 is 1.85 bits per heavy atom. The van der Waals surface area contributed by atoms with Crippen molar-refractivity contribution < 1.29 is 9.53 Å². The van der Waals surface area contributed by atoms with Crippen molar-refractivity contribution in [1.29, 1.82) is 0 Å². The number of H-pyrrole nitrogens is 1. The van der Waals surface area contributed by atoms with Gasteiger partial charge in [-0.3, -0.25) is 9.59 Å². The zero-order chi connectivity index (χ0) is 23.9. The zero-order valence-corrected chi connectivity index (χ0v) is 19.6. The number of carbonyl (C=O) groups excluding carboxylic acids is 1. The van der Waals surface area contributed by atoms with Crippen molar-refractivity contribution in [3.63, 3.8) is 0 Å². The minimum atomic E-state index is -0.447. The molecule has 1 amide bonds. The second-order valence-corrected chi connectivity index (χ2v) is 8.38. The molecular weight excluding hydrogens is 430 g/mol. The predicted octanol–water partition coefficient (Wildman–Crippen LogP) is 3.04. The molecule has 1 fully saturated rings. The van der Waals surface area contributed by atoms with Crippen LogP contribution in [-0.2, 0) is 6.42 Å². The van der Waals surface area contributed by atoms with E-state index in [1.54, 1.807) is 19.4 Å². The topological polar surface area (TPSA) is 89.7 Å². The summed E-state index contributed by atoms with van der Waals surface area (Å²) in [4.78, 5) is 32.9. The maximum Gasteiger partial charge on any atom is 0.263 e. The molecule has 2 aromatic carbocycles. The molecule has 178 valence electrons. The van der Waals surface area contributed by atoms with Crippen molar-refractivity contribution in [2.45, 2.75) is 6.42 Å². The third kappa shape index (κ3) is 5.58. The number of pyridine rings is 1. The monoisotopic (exact) mass is 461 g/mol. The smallest absolute Gasteiger partial charge is 0.263 e. The fourth-order valence-electron chi connectivity index (χ4n) is 4.13. The number of aromatic amines is 1. The number of likely N-dealkylation sites (N-methyl/N-ethyl adjacent to an activating group) is 1. The first kappa shape index (κ1) is 23.4. The van der Waals surface area contributed by atoms with Crippen molar-refractivity contribution >= 4 is 23.0 Å². The lowest BCUT2D eigenvalue weighted by Crippen LogP contribution is -2.44. The van der Waals surface area contributed by atoms with Crippen LogP contribution in [0.2, 0.25) is 0 Å². The lowest BCUT2D eigenvalue weighted by Gasteiger charge is -2.34. The molecule has 0 saturated carbocycles. The summed E-state index contributed by atoms with van der Waals surface area (Å²) in [6.07, 6.45) is 2.23. The van der Waals surface area contributed by atoms with Crippen LogP contribution in [0.15, 0.2) is 65.6 Å². The van der Waals surface area contributed by atoms with Gasteiger partial charge in [0.05, 0.1) is 12.8 Å². The van der Waals surface area contributed by atoms with Gasteiger partial charge in [-0.1, -0.05) is 24.3 Å². The standard InChI is InChI=1S/C26H31N5O3/c1-30-14-16-31(17-15-30)21-8-5-7-20(18-21)29-26(33)24-22(11-13-28-25(24)32)27-12-10-19-6-3-4-9-23(19)34-2/h3-9,11,13,18H,10,12,14-17H2,1-2H3,(H,29,33)(H2,27,28,32). The molecule has 0 unspecified atom stereocenters. The summed E-state index contributed by atoms with van der Waals surface area (Å²) < 4.78 is 5.40. The third-order valence-electron chi connectivity index (χ3n) is 6.06. The van der Waals surface area contributed by atoms with E-state index in [2.05, 4.69) is 32.5 Å². The lowest BCUT2D eigenvalue weighted by molar-refractivity contribution is 0.102. The van der Waals surface area contributed by atoms with Gasteiger partial charge in [0.2, 0.25) is 0 Å². The van der Waals surface area contributed by atoms with Gasteiger partial charge < -0.3 is 30.2 Å². The Labute approximate surface area is 199 Å². The molecule has 1 aliphatic rings. The van der Waals surface area contributed by atoms with Crippen molar-refractivity contribution in [3.8, 4) is 5.75 Å². The molecule has 2 heterocycles. The Kier molecular flexibility index (Phi) is 7.49. The largest absolute Gasteiger partial charge is 0.496 e.